The summed E-state index contributed by atoms with van der Waals surface area (Å²) in [5.74, 6) is -2.14. The molecule has 2 aromatic rings. The first-order valence-electron chi connectivity index (χ1n) is 8.37. The van der Waals surface area contributed by atoms with E-state index in [2.05, 4.69) is 33.8 Å². The van der Waals surface area contributed by atoms with Gasteiger partial charge in [-0.3, -0.25) is 9.80 Å². The molecule has 1 amide bonds. The molecule has 4 N–H and O–H groups in total. The van der Waals surface area contributed by atoms with E-state index in [9.17, 15) is 18.7 Å². The molecule has 1 aromatic carbocycles. The number of aromatic nitrogens is 3. The zero-order valence-electron chi connectivity index (χ0n) is 15.5. The van der Waals surface area contributed by atoms with Crippen molar-refractivity contribution in [3.8, 4) is 0 Å². The van der Waals surface area contributed by atoms with Crippen molar-refractivity contribution in [2.24, 2.45) is 10.8 Å². The zero-order valence-corrected chi connectivity index (χ0v) is 15.5. The van der Waals surface area contributed by atoms with Gasteiger partial charge in [0.1, 0.15) is 29.9 Å². The summed E-state index contributed by atoms with van der Waals surface area (Å²) in [7, 11) is 0. The third kappa shape index (κ3) is 5.94. The van der Waals surface area contributed by atoms with E-state index >= 15 is 0 Å². The molecule has 0 saturated carbocycles. The van der Waals surface area contributed by atoms with Crippen LogP contribution in [0, 0.1) is 11.6 Å². The van der Waals surface area contributed by atoms with Crippen LogP contribution in [-0.4, -0.2) is 50.6 Å². The van der Waals surface area contributed by atoms with E-state index in [1.165, 1.54) is 28.5 Å². The van der Waals surface area contributed by atoms with Crippen LogP contribution in [0.15, 0.2) is 60.5 Å². The van der Waals surface area contributed by atoms with E-state index in [0.29, 0.717) is 6.07 Å². The number of nitrogens with zero attached hydrogens (tertiary/aromatic N) is 5. The molecule has 2 rings (SSSR count). The Labute approximate surface area is 165 Å². The van der Waals surface area contributed by atoms with Crippen LogP contribution in [0.3, 0.4) is 0 Å². The summed E-state index contributed by atoms with van der Waals surface area (Å²) in [5.41, 5.74) is 3.97. The summed E-state index contributed by atoms with van der Waals surface area (Å²) in [4.78, 5) is 15.0. The molecule has 0 spiro atoms. The van der Waals surface area contributed by atoms with Crippen molar-refractivity contribution in [3.05, 3.63) is 72.6 Å². The lowest BCUT2D eigenvalue weighted by molar-refractivity contribution is -0.116. The Morgan fingerprint density at radius 2 is 2.24 bits per heavy atom. The van der Waals surface area contributed by atoms with Gasteiger partial charge in [-0.25, -0.2) is 18.4 Å². The van der Waals surface area contributed by atoms with Crippen molar-refractivity contribution in [2.75, 3.05) is 13.1 Å². The van der Waals surface area contributed by atoms with Crippen LogP contribution >= 0.6 is 0 Å². The molecule has 0 bridgehead atoms. The molecule has 29 heavy (non-hydrogen) atoms. The molecule has 1 unspecified atom stereocenters. The first kappa shape index (κ1) is 21.7. The van der Waals surface area contributed by atoms with Crippen molar-refractivity contribution in [1.29, 1.82) is 0 Å². The molecule has 1 aromatic heterocycles. The van der Waals surface area contributed by atoms with Gasteiger partial charge in [0, 0.05) is 30.2 Å². The average Bonchev–Trinajstić information content (AvgIpc) is 3.17. The molecule has 11 heteroatoms. The second kappa shape index (κ2) is 9.55. The zero-order chi connectivity index (χ0) is 21.4. The predicted octanol–water partition coefficient (Wildman–Crippen LogP) is 0.464. The van der Waals surface area contributed by atoms with E-state index in [1.807, 2.05) is 0 Å². The maximum absolute atomic E-state index is 14.4. The SMILES string of the molecule is C=CC(=O)NC/C(N)=C/N(CC(O)(Cn1cncn1)c1ccc(F)cc1F)N=C. The Kier molecular flexibility index (Phi) is 7.15. The number of hydrazone groups is 1. The standard InChI is InChI=1S/C18H21F2N7O2/c1-3-17(28)24-7-14(21)8-26(22-2)9-18(29,10-27-12-23-11-25-27)15-5-4-13(19)6-16(15)20/h3-6,8,11-12,29H,1-2,7,9-10,21H2,(H,24,28)/b14-8-. The highest BCUT2D eigenvalue weighted by molar-refractivity contribution is 5.86. The summed E-state index contributed by atoms with van der Waals surface area (Å²) in [5, 5.41) is 22.6. The van der Waals surface area contributed by atoms with Gasteiger partial charge in [0.05, 0.1) is 19.6 Å². The molecular weight excluding hydrogens is 384 g/mol. The number of halogens is 2. The van der Waals surface area contributed by atoms with E-state index in [4.69, 9.17) is 5.73 Å². The van der Waals surface area contributed by atoms with Gasteiger partial charge in [0.2, 0.25) is 5.91 Å². The molecule has 0 aliphatic heterocycles. The van der Waals surface area contributed by atoms with E-state index in [-0.39, 0.29) is 30.9 Å². The van der Waals surface area contributed by atoms with Crippen LogP contribution < -0.4 is 11.1 Å². The first-order valence-corrected chi connectivity index (χ1v) is 8.37. The molecular formula is C18H21F2N7O2. The monoisotopic (exact) mass is 405 g/mol. The smallest absolute Gasteiger partial charge is 0.243 e. The number of rotatable bonds is 10. The van der Waals surface area contributed by atoms with Crippen LogP contribution in [0.1, 0.15) is 5.56 Å². The van der Waals surface area contributed by atoms with Crippen LogP contribution in [-0.2, 0) is 16.9 Å². The summed E-state index contributed by atoms with van der Waals surface area (Å²) >= 11 is 0. The Morgan fingerprint density at radius 3 is 2.83 bits per heavy atom. The van der Waals surface area contributed by atoms with Gasteiger partial charge in [0.15, 0.2) is 0 Å². The fourth-order valence-corrected chi connectivity index (χ4v) is 2.57. The Morgan fingerprint density at radius 1 is 1.48 bits per heavy atom. The highest BCUT2D eigenvalue weighted by Crippen LogP contribution is 2.28. The molecule has 0 aliphatic rings. The van der Waals surface area contributed by atoms with Crippen molar-refractivity contribution in [2.45, 2.75) is 12.1 Å². The van der Waals surface area contributed by atoms with Gasteiger partial charge >= 0.3 is 0 Å². The van der Waals surface area contributed by atoms with Crippen molar-refractivity contribution in [1.82, 2.24) is 25.1 Å². The lowest BCUT2D eigenvalue weighted by Crippen LogP contribution is -2.42. The lowest BCUT2D eigenvalue weighted by Gasteiger charge is -2.32. The van der Waals surface area contributed by atoms with Gasteiger partial charge in [-0.15, -0.1) is 0 Å². The summed E-state index contributed by atoms with van der Waals surface area (Å²) in [6.07, 6.45) is 5.01. The van der Waals surface area contributed by atoms with Gasteiger partial charge < -0.3 is 16.2 Å². The Hall–Kier alpha value is -3.60. The largest absolute Gasteiger partial charge is 0.399 e. The highest BCUT2D eigenvalue weighted by atomic mass is 19.1. The molecule has 1 atom stereocenters. The van der Waals surface area contributed by atoms with Gasteiger partial charge in [-0.2, -0.15) is 10.2 Å². The number of carbonyl (C=O) groups excluding carboxylic acids is 1. The Balaban J connectivity index is 2.31. The predicted molar refractivity (Wildman–Crippen MR) is 102 cm³/mol. The molecule has 0 radical (unpaired) electrons. The number of hydrogen-bond donors (Lipinski definition) is 3. The number of amides is 1. The number of nitrogens with two attached hydrogens (primary N) is 1. The maximum atomic E-state index is 14.4. The Bertz CT molecular complexity index is 902. The second-order valence-corrected chi connectivity index (χ2v) is 6.11. The quantitative estimate of drug-likeness (QED) is 0.300. The van der Waals surface area contributed by atoms with Crippen molar-refractivity contribution >= 4 is 12.6 Å². The van der Waals surface area contributed by atoms with Gasteiger partial charge in [0.25, 0.3) is 0 Å². The highest BCUT2D eigenvalue weighted by Gasteiger charge is 2.35. The first-order chi connectivity index (χ1) is 13.8. The maximum Gasteiger partial charge on any atom is 0.243 e. The fourth-order valence-electron chi connectivity index (χ4n) is 2.57. The minimum atomic E-state index is -1.90. The van der Waals surface area contributed by atoms with Crippen LogP contribution in [0.25, 0.3) is 0 Å². The summed E-state index contributed by atoms with van der Waals surface area (Å²) in [6.45, 7) is 6.22. The normalized spacial score (nSPS) is 13.4. The van der Waals surface area contributed by atoms with Gasteiger partial charge in [-0.1, -0.05) is 12.6 Å². The molecule has 9 nitrogen and oxygen atoms in total. The van der Waals surface area contributed by atoms with Gasteiger partial charge in [-0.05, 0) is 12.1 Å². The number of hydrogen-bond acceptors (Lipinski definition) is 7. The van der Waals surface area contributed by atoms with E-state index in [1.54, 1.807) is 0 Å². The number of nitrogens with one attached hydrogen (secondary N) is 1. The minimum absolute atomic E-state index is 0.0106. The molecule has 154 valence electrons. The number of benzene rings is 1. The molecule has 0 fully saturated rings. The minimum Gasteiger partial charge on any atom is -0.399 e. The average molecular weight is 405 g/mol. The van der Waals surface area contributed by atoms with E-state index < -0.39 is 23.1 Å². The summed E-state index contributed by atoms with van der Waals surface area (Å²) < 4.78 is 29.1. The molecule has 0 aliphatic carbocycles. The van der Waals surface area contributed by atoms with Crippen LogP contribution in [0.2, 0.25) is 0 Å². The third-order valence-electron chi connectivity index (χ3n) is 3.89. The second-order valence-electron chi connectivity index (χ2n) is 6.11. The van der Waals surface area contributed by atoms with Crippen LogP contribution in [0.5, 0.6) is 0 Å². The van der Waals surface area contributed by atoms with Crippen molar-refractivity contribution in [3.63, 3.8) is 0 Å². The number of carbonyl (C=O) groups is 1. The van der Waals surface area contributed by atoms with Crippen molar-refractivity contribution < 1.29 is 18.7 Å². The van der Waals surface area contributed by atoms with Crippen LogP contribution in [0.4, 0.5) is 8.78 Å². The van der Waals surface area contributed by atoms with E-state index in [0.717, 1.165) is 18.2 Å². The molecule has 1 heterocycles. The lowest BCUT2D eigenvalue weighted by atomic mass is 9.92. The summed E-state index contributed by atoms with van der Waals surface area (Å²) in [6, 6.07) is 2.84. The molecule has 0 saturated heterocycles. The number of aliphatic hydroxyl groups is 1. The fraction of sp³-hybridized carbons (Fsp3) is 0.222. The third-order valence-corrected chi connectivity index (χ3v) is 3.89. The topological polar surface area (TPSA) is 122 Å².